The van der Waals surface area contributed by atoms with Crippen molar-refractivity contribution >= 4 is 23.6 Å². The van der Waals surface area contributed by atoms with Gasteiger partial charge in [-0.2, -0.15) is 0 Å². The average molecular weight is 346 g/mol. The molecule has 0 saturated heterocycles. The van der Waals surface area contributed by atoms with Crippen LogP contribution in [-0.4, -0.2) is 25.9 Å². The average Bonchev–Trinajstić information content (AvgIpc) is 3.07. The van der Waals surface area contributed by atoms with E-state index in [0.29, 0.717) is 28.6 Å². The smallest absolute Gasteiger partial charge is 0.190 e. The van der Waals surface area contributed by atoms with Crippen LogP contribution in [0.5, 0.6) is 17.2 Å². The van der Waals surface area contributed by atoms with Gasteiger partial charge in [0.05, 0.1) is 24.7 Å². The Morgan fingerprint density at radius 2 is 1.96 bits per heavy atom. The fraction of sp³-hybridized carbons (Fsp3) is 0.167. The van der Waals surface area contributed by atoms with Crippen LogP contribution < -0.4 is 14.2 Å². The molecular weight excluding hydrogens is 331 g/mol. The molecule has 0 spiro atoms. The molecule has 6 heteroatoms. The summed E-state index contributed by atoms with van der Waals surface area (Å²) in [7, 11) is 2.92. The van der Waals surface area contributed by atoms with E-state index in [9.17, 15) is 9.18 Å². The Bertz CT molecular complexity index is 817. The number of allylic oxidation sites excluding steroid dienone is 1. The van der Waals surface area contributed by atoms with Crippen molar-refractivity contribution in [3.05, 3.63) is 53.4 Å². The normalized spacial score (nSPS) is 12.8. The molecule has 24 heavy (non-hydrogen) atoms. The molecule has 124 valence electrons. The van der Waals surface area contributed by atoms with Crippen LogP contribution >= 0.6 is 11.8 Å². The zero-order valence-corrected chi connectivity index (χ0v) is 14.0. The Labute approximate surface area is 143 Å². The number of halogens is 1. The van der Waals surface area contributed by atoms with Crippen LogP contribution in [0, 0.1) is 5.82 Å². The van der Waals surface area contributed by atoms with Crippen molar-refractivity contribution in [1.82, 2.24) is 0 Å². The highest BCUT2D eigenvalue weighted by Crippen LogP contribution is 2.43. The Kier molecular flexibility index (Phi) is 4.76. The molecule has 2 aromatic carbocycles. The monoisotopic (exact) mass is 346 g/mol. The largest absolute Gasteiger partial charge is 0.496 e. The number of methoxy groups -OCH3 is 2. The summed E-state index contributed by atoms with van der Waals surface area (Å²) in [5.41, 5.74) is 1.03. The molecule has 2 aromatic rings. The third-order valence-corrected chi connectivity index (χ3v) is 4.50. The van der Waals surface area contributed by atoms with Gasteiger partial charge in [0.15, 0.2) is 17.3 Å². The second-order valence-electron chi connectivity index (χ2n) is 4.97. The standard InChI is InChI=1S/C18H15FO4S/c1-21-14-6-4-11(9-12(14)19)3-5-13(20)17-15(22-2)7-8-16-18(17)24-10-23-16/h3-9H,10H2,1-2H3. The molecule has 4 nitrogen and oxygen atoms in total. The van der Waals surface area contributed by atoms with E-state index in [0.717, 1.165) is 4.90 Å². The van der Waals surface area contributed by atoms with Crippen LogP contribution in [-0.2, 0) is 0 Å². The summed E-state index contributed by atoms with van der Waals surface area (Å²) in [6, 6.07) is 8.00. The lowest BCUT2D eigenvalue weighted by Gasteiger charge is -2.09. The number of ketones is 1. The molecule has 3 rings (SSSR count). The number of fused-ring (bicyclic) bond motifs is 1. The molecule has 0 amide bonds. The van der Waals surface area contributed by atoms with Crippen LogP contribution in [0.2, 0.25) is 0 Å². The molecule has 0 aromatic heterocycles. The predicted octanol–water partition coefficient (Wildman–Crippen LogP) is 4.18. The number of carbonyl (C=O) groups is 1. The first-order valence-electron chi connectivity index (χ1n) is 7.16. The highest BCUT2D eigenvalue weighted by molar-refractivity contribution is 7.99. The van der Waals surface area contributed by atoms with Crippen LogP contribution in [0.25, 0.3) is 6.08 Å². The fourth-order valence-corrected chi connectivity index (χ4v) is 3.32. The van der Waals surface area contributed by atoms with E-state index in [4.69, 9.17) is 14.2 Å². The van der Waals surface area contributed by atoms with E-state index in [-0.39, 0.29) is 11.5 Å². The van der Waals surface area contributed by atoms with Gasteiger partial charge in [-0.3, -0.25) is 4.79 Å². The Hall–Kier alpha value is -2.47. The van der Waals surface area contributed by atoms with Gasteiger partial charge in [0.1, 0.15) is 17.4 Å². The van der Waals surface area contributed by atoms with Crippen LogP contribution in [0.3, 0.4) is 0 Å². The summed E-state index contributed by atoms with van der Waals surface area (Å²) in [6.07, 6.45) is 2.96. The van der Waals surface area contributed by atoms with Gasteiger partial charge in [-0.25, -0.2) is 4.39 Å². The summed E-state index contributed by atoms with van der Waals surface area (Å²) in [5, 5.41) is 0. The van der Waals surface area contributed by atoms with E-state index < -0.39 is 5.82 Å². The summed E-state index contributed by atoms with van der Waals surface area (Å²) in [6.45, 7) is 0. The third-order valence-electron chi connectivity index (χ3n) is 3.57. The lowest BCUT2D eigenvalue weighted by atomic mass is 10.1. The van der Waals surface area contributed by atoms with E-state index in [1.54, 1.807) is 24.3 Å². The number of rotatable bonds is 5. The van der Waals surface area contributed by atoms with Gasteiger partial charge in [0.2, 0.25) is 0 Å². The van der Waals surface area contributed by atoms with Crippen molar-refractivity contribution in [3.63, 3.8) is 0 Å². The molecule has 0 fully saturated rings. The van der Waals surface area contributed by atoms with Crippen LogP contribution in [0.4, 0.5) is 4.39 Å². The molecule has 1 aliphatic heterocycles. The SMILES string of the molecule is COc1ccc(C=CC(=O)c2c(OC)ccc3c2SCO3)cc1F. The Morgan fingerprint density at radius 3 is 2.67 bits per heavy atom. The van der Waals surface area contributed by atoms with Crippen molar-refractivity contribution in [1.29, 1.82) is 0 Å². The van der Waals surface area contributed by atoms with Crippen molar-refractivity contribution < 1.29 is 23.4 Å². The highest BCUT2D eigenvalue weighted by atomic mass is 32.2. The summed E-state index contributed by atoms with van der Waals surface area (Å²) < 4.78 is 29.3. The second-order valence-corrected chi connectivity index (χ2v) is 5.90. The van der Waals surface area contributed by atoms with Gasteiger partial charge in [-0.1, -0.05) is 23.9 Å². The molecule has 0 radical (unpaired) electrons. The van der Waals surface area contributed by atoms with Gasteiger partial charge in [0.25, 0.3) is 0 Å². The first kappa shape index (κ1) is 16.4. The first-order chi connectivity index (χ1) is 11.6. The minimum Gasteiger partial charge on any atom is -0.496 e. The lowest BCUT2D eigenvalue weighted by Crippen LogP contribution is -2.01. The Morgan fingerprint density at radius 1 is 1.21 bits per heavy atom. The van der Waals surface area contributed by atoms with Gasteiger partial charge >= 0.3 is 0 Å². The molecule has 1 aliphatic rings. The quantitative estimate of drug-likeness (QED) is 0.600. The fourth-order valence-electron chi connectivity index (χ4n) is 2.40. The van der Waals surface area contributed by atoms with Gasteiger partial charge < -0.3 is 14.2 Å². The van der Waals surface area contributed by atoms with Crippen molar-refractivity contribution in [2.45, 2.75) is 4.90 Å². The first-order valence-corrected chi connectivity index (χ1v) is 8.15. The van der Waals surface area contributed by atoms with Crippen molar-refractivity contribution in [2.75, 3.05) is 20.2 Å². The summed E-state index contributed by atoms with van der Waals surface area (Å²) >= 11 is 1.45. The molecular formula is C18H15FO4S. The minimum absolute atomic E-state index is 0.162. The molecule has 0 aliphatic carbocycles. The topological polar surface area (TPSA) is 44.8 Å². The van der Waals surface area contributed by atoms with Crippen molar-refractivity contribution in [2.24, 2.45) is 0 Å². The third kappa shape index (κ3) is 3.10. The molecule has 0 atom stereocenters. The number of hydrogen-bond donors (Lipinski definition) is 0. The van der Waals surface area contributed by atoms with Gasteiger partial charge in [0, 0.05) is 0 Å². The maximum atomic E-state index is 13.7. The summed E-state index contributed by atoms with van der Waals surface area (Å²) in [5.74, 6) is 1.09. The number of carbonyl (C=O) groups excluding carboxylic acids is 1. The number of ether oxygens (including phenoxy) is 3. The molecule has 1 heterocycles. The predicted molar refractivity (Wildman–Crippen MR) is 90.7 cm³/mol. The Balaban J connectivity index is 1.90. The van der Waals surface area contributed by atoms with Crippen LogP contribution in [0.1, 0.15) is 15.9 Å². The zero-order chi connectivity index (χ0) is 17.1. The maximum Gasteiger partial charge on any atom is 0.190 e. The number of thioether (sulfide) groups is 1. The molecule has 0 bridgehead atoms. The number of benzene rings is 2. The van der Waals surface area contributed by atoms with E-state index in [1.165, 1.54) is 44.2 Å². The summed E-state index contributed by atoms with van der Waals surface area (Å²) in [4.78, 5) is 13.4. The van der Waals surface area contributed by atoms with Crippen LogP contribution in [0.15, 0.2) is 41.3 Å². The van der Waals surface area contributed by atoms with Crippen molar-refractivity contribution in [3.8, 4) is 17.2 Å². The molecule has 0 unspecified atom stereocenters. The molecule has 0 N–H and O–H groups in total. The van der Waals surface area contributed by atoms with Gasteiger partial charge in [-0.05, 0) is 35.9 Å². The highest BCUT2D eigenvalue weighted by Gasteiger charge is 2.24. The van der Waals surface area contributed by atoms with E-state index in [1.807, 2.05) is 0 Å². The zero-order valence-electron chi connectivity index (χ0n) is 13.2. The second kappa shape index (κ2) is 6.97. The van der Waals surface area contributed by atoms with Gasteiger partial charge in [-0.15, -0.1) is 0 Å². The minimum atomic E-state index is -0.478. The van der Waals surface area contributed by atoms with E-state index >= 15 is 0 Å². The molecule has 0 saturated carbocycles. The lowest BCUT2D eigenvalue weighted by molar-refractivity contribution is 0.104. The van der Waals surface area contributed by atoms with E-state index in [2.05, 4.69) is 0 Å². The maximum absolute atomic E-state index is 13.7. The number of hydrogen-bond acceptors (Lipinski definition) is 5.